The molecule has 1 aliphatic rings. The zero-order valence-corrected chi connectivity index (χ0v) is 4.95. The lowest BCUT2D eigenvalue weighted by molar-refractivity contribution is -0.141. The van der Waals surface area contributed by atoms with E-state index in [9.17, 15) is 4.79 Å². The highest BCUT2D eigenvalue weighted by atomic mass is 16.4. The fourth-order valence-electron chi connectivity index (χ4n) is 0.939. The third-order valence-corrected chi connectivity index (χ3v) is 1.53. The van der Waals surface area contributed by atoms with E-state index in [2.05, 4.69) is 0 Å². The van der Waals surface area contributed by atoms with Gasteiger partial charge >= 0.3 is 5.97 Å². The molecule has 0 fully saturated rings. The van der Waals surface area contributed by atoms with Gasteiger partial charge in [-0.25, -0.2) is 0 Å². The number of aliphatic carboxylic acids is 1. The molecule has 0 bridgehead atoms. The topological polar surface area (TPSA) is 63.3 Å². The van der Waals surface area contributed by atoms with E-state index >= 15 is 0 Å². The summed E-state index contributed by atoms with van der Waals surface area (Å²) in [7, 11) is 0. The third-order valence-electron chi connectivity index (χ3n) is 1.53. The van der Waals surface area contributed by atoms with E-state index in [1.165, 1.54) is 0 Å². The minimum absolute atomic E-state index is 0.275. The number of hydrogen-bond donors (Lipinski definition) is 2. The zero-order valence-electron chi connectivity index (χ0n) is 4.95. The Balaban J connectivity index is 2.55. The van der Waals surface area contributed by atoms with Crippen LogP contribution in [-0.4, -0.2) is 17.1 Å². The van der Waals surface area contributed by atoms with Gasteiger partial charge in [0.25, 0.3) is 0 Å². The van der Waals surface area contributed by atoms with Gasteiger partial charge in [-0.3, -0.25) is 4.79 Å². The first kappa shape index (κ1) is 6.29. The lowest BCUT2D eigenvalue weighted by Crippen LogP contribution is -2.30. The molecule has 3 nitrogen and oxygen atoms in total. The second-order valence-corrected chi connectivity index (χ2v) is 2.19. The normalized spacial score (nSPS) is 33.0. The maximum atomic E-state index is 10.3. The van der Waals surface area contributed by atoms with Gasteiger partial charge in [-0.15, -0.1) is 0 Å². The fourth-order valence-corrected chi connectivity index (χ4v) is 0.939. The third kappa shape index (κ3) is 1.10. The monoisotopic (exact) mass is 127 g/mol. The van der Waals surface area contributed by atoms with Crippen molar-refractivity contribution < 1.29 is 9.90 Å². The van der Waals surface area contributed by atoms with Crippen LogP contribution in [0, 0.1) is 5.92 Å². The summed E-state index contributed by atoms with van der Waals surface area (Å²) in [6.45, 7) is 0. The van der Waals surface area contributed by atoms with Crippen LogP contribution in [0.5, 0.6) is 0 Å². The van der Waals surface area contributed by atoms with Gasteiger partial charge in [0.1, 0.15) is 0 Å². The molecular formula is C6H9NO2. The molecule has 0 amide bonds. The summed E-state index contributed by atoms with van der Waals surface area (Å²) in [6.07, 6.45) is 4.12. The van der Waals surface area contributed by atoms with Crippen LogP contribution in [0.4, 0.5) is 0 Å². The van der Waals surface area contributed by atoms with Crippen molar-refractivity contribution in [1.82, 2.24) is 0 Å². The van der Waals surface area contributed by atoms with Gasteiger partial charge in [0.05, 0.1) is 5.92 Å². The predicted octanol–water partition coefficient (Wildman–Crippen LogP) is -0.0256. The Bertz CT molecular complexity index is 153. The molecule has 0 saturated heterocycles. The average Bonchev–Trinajstić information content (AvgIpc) is 2.13. The summed E-state index contributed by atoms with van der Waals surface area (Å²) >= 11 is 0. The van der Waals surface area contributed by atoms with Gasteiger partial charge in [-0.2, -0.15) is 0 Å². The number of hydrogen-bond acceptors (Lipinski definition) is 2. The molecule has 1 rings (SSSR count). The summed E-state index contributed by atoms with van der Waals surface area (Å²) in [5, 5.41) is 8.46. The highest BCUT2D eigenvalue weighted by Crippen LogP contribution is 2.16. The highest BCUT2D eigenvalue weighted by Gasteiger charge is 2.25. The summed E-state index contributed by atoms with van der Waals surface area (Å²) in [5.74, 6) is -1.18. The first-order valence-corrected chi connectivity index (χ1v) is 2.87. The van der Waals surface area contributed by atoms with Crippen molar-refractivity contribution in [2.24, 2.45) is 11.7 Å². The Morgan fingerprint density at radius 2 is 2.44 bits per heavy atom. The summed E-state index contributed by atoms with van der Waals surface area (Å²) in [4.78, 5) is 10.3. The second kappa shape index (κ2) is 2.19. The Labute approximate surface area is 53.2 Å². The van der Waals surface area contributed by atoms with Crippen LogP contribution in [0.15, 0.2) is 12.2 Å². The largest absolute Gasteiger partial charge is 0.481 e. The van der Waals surface area contributed by atoms with Crippen LogP contribution in [0.2, 0.25) is 0 Å². The molecule has 0 aromatic heterocycles. The fraction of sp³-hybridized carbons (Fsp3) is 0.500. The molecule has 0 aromatic carbocycles. The predicted molar refractivity (Wildman–Crippen MR) is 32.9 cm³/mol. The molecule has 50 valence electrons. The highest BCUT2D eigenvalue weighted by molar-refractivity contribution is 5.72. The van der Waals surface area contributed by atoms with Crippen molar-refractivity contribution >= 4 is 5.97 Å². The summed E-state index contributed by atoms with van der Waals surface area (Å²) in [5.41, 5.74) is 5.41. The molecular weight excluding hydrogens is 118 g/mol. The van der Waals surface area contributed by atoms with Crippen molar-refractivity contribution in [3.05, 3.63) is 12.2 Å². The Morgan fingerprint density at radius 3 is 2.67 bits per heavy atom. The quantitative estimate of drug-likeness (QED) is 0.486. The molecule has 0 spiro atoms. The minimum atomic E-state index is -0.799. The van der Waals surface area contributed by atoms with Crippen LogP contribution in [0.3, 0.4) is 0 Å². The van der Waals surface area contributed by atoms with Crippen LogP contribution < -0.4 is 5.73 Å². The molecule has 3 heteroatoms. The molecule has 1 aliphatic carbocycles. The summed E-state index contributed by atoms with van der Waals surface area (Å²) < 4.78 is 0. The van der Waals surface area contributed by atoms with Crippen molar-refractivity contribution in [1.29, 1.82) is 0 Å². The average molecular weight is 127 g/mol. The number of carboxylic acid groups (broad SMARTS) is 1. The van der Waals surface area contributed by atoms with Crippen LogP contribution in [0.1, 0.15) is 6.42 Å². The number of carboxylic acids is 1. The van der Waals surface area contributed by atoms with Crippen LogP contribution >= 0.6 is 0 Å². The van der Waals surface area contributed by atoms with E-state index in [1.54, 1.807) is 6.08 Å². The first-order valence-electron chi connectivity index (χ1n) is 2.87. The maximum Gasteiger partial charge on any atom is 0.308 e. The van der Waals surface area contributed by atoms with Crippen molar-refractivity contribution in [2.45, 2.75) is 12.5 Å². The van der Waals surface area contributed by atoms with Gasteiger partial charge in [-0.1, -0.05) is 12.2 Å². The van der Waals surface area contributed by atoms with E-state index in [1.807, 2.05) is 6.08 Å². The SMILES string of the molecule is N[C@H]1C=CCC1C(=O)O. The van der Waals surface area contributed by atoms with Crippen LogP contribution in [-0.2, 0) is 4.79 Å². The van der Waals surface area contributed by atoms with Crippen molar-refractivity contribution in [3.8, 4) is 0 Å². The van der Waals surface area contributed by atoms with E-state index < -0.39 is 5.97 Å². The Morgan fingerprint density at radius 1 is 1.78 bits per heavy atom. The van der Waals surface area contributed by atoms with Crippen LogP contribution in [0.25, 0.3) is 0 Å². The number of allylic oxidation sites excluding steroid dienone is 1. The standard InChI is InChI=1S/C6H9NO2/c7-5-3-1-2-4(5)6(8)9/h1,3-5H,2,7H2,(H,8,9)/t4?,5-/m0/s1. The molecule has 0 aromatic rings. The Hall–Kier alpha value is -0.830. The van der Waals surface area contributed by atoms with E-state index in [0.29, 0.717) is 6.42 Å². The molecule has 9 heavy (non-hydrogen) atoms. The van der Waals surface area contributed by atoms with Gasteiger partial charge in [-0.05, 0) is 6.42 Å². The van der Waals surface area contributed by atoms with Crippen molar-refractivity contribution in [2.75, 3.05) is 0 Å². The van der Waals surface area contributed by atoms with Gasteiger partial charge in [0, 0.05) is 6.04 Å². The Kier molecular flexibility index (Phi) is 1.53. The number of nitrogens with two attached hydrogens (primary N) is 1. The molecule has 2 atom stereocenters. The first-order chi connectivity index (χ1) is 4.22. The number of rotatable bonds is 1. The number of carbonyl (C=O) groups is 1. The zero-order chi connectivity index (χ0) is 6.85. The van der Waals surface area contributed by atoms with Gasteiger partial charge < -0.3 is 10.8 Å². The van der Waals surface area contributed by atoms with E-state index in [0.717, 1.165) is 0 Å². The molecule has 0 radical (unpaired) electrons. The minimum Gasteiger partial charge on any atom is -0.481 e. The second-order valence-electron chi connectivity index (χ2n) is 2.19. The molecule has 3 N–H and O–H groups in total. The molecule has 0 aliphatic heterocycles. The summed E-state index contributed by atoms with van der Waals surface area (Å²) in [6, 6.07) is -0.275. The molecule has 0 heterocycles. The lowest BCUT2D eigenvalue weighted by atomic mass is 10.0. The molecule has 0 saturated carbocycles. The van der Waals surface area contributed by atoms with Gasteiger partial charge in [0.2, 0.25) is 0 Å². The lowest BCUT2D eigenvalue weighted by Gasteiger charge is -2.07. The van der Waals surface area contributed by atoms with E-state index in [4.69, 9.17) is 10.8 Å². The van der Waals surface area contributed by atoms with Gasteiger partial charge in [0.15, 0.2) is 0 Å². The van der Waals surface area contributed by atoms with Crippen molar-refractivity contribution in [3.63, 3.8) is 0 Å². The molecule has 1 unspecified atom stereocenters. The smallest absolute Gasteiger partial charge is 0.308 e. The maximum absolute atomic E-state index is 10.3. The van der Waals surface area contributed by atoms with E-state index in [-0.39, 0.29) is 12.0 Å².